The molecule has 1 unspecified atom stereocenters. The minimum atomic E-state index is -0.635. The molecule has 0 bridgehead atoms. The number of amides is 1. The molecule has 0 saturated carbocycles. The molecule has 1 amide bonds. The van der Waals surface area contributed by atoms with Crippen molar-refractivity contribution >= 4 is 28.7 Å². The highest BCUT2D eigenvalue weighted by molar-refractivity contribution is 7.00. The maximum Gasteiger partial charge on any atom is 0.230 e. The van der Waals surface area contributed by atoms with Gasteiger partial charge >= 0.3 is 0 Å². The van der Waals surface area contributed by atoms with Crippen molar-refractivity contribution in [2.24, 2.45) is 5.41 Å². The lowest BCUT2D eigenvalue weighted by Crippen LogP contribution is -2.38. The van der Waals surface area contributed by atoms with E-state index in [1.807, 2.05) is 25.1 Å². The summed E-state index contributed by atoms with van der Waals surface area (Å²) in [6.07, 6.45) is 2.27. The van der Waals surface area contributed by atoms with Crippen LogP contribution in [0.15, 0.2) is 30.9 Å². The number of fused-ring (bicyclic) bond motifs is 1. The minimum Gasteiger partial charge on any atom is -0.385 e. The van der Waals surface area contributed by atoms with E-state index < -0.39 is 5.41 Å². The van der Waals surface area contributed by atoms with Gasteiger partial charge in [-0.3, -0.25) is 4.79 Å². The zero-order chi connectivity index (χ0) is 15.3. The van der Waals surface area contributed by atoms with E-state index >= 15 is 0 Å². The molecular weight excluding hydrogens is 286 g/mol. The number of nitrogens with one attached hydrogen (secondary N) is 1. The number of hydrogen-bond acceptors (Lipinski definition) is 5. The normalized spacial score (nSPS) is 13.8. The molecule has 1 heterocycles. The van der Waals surface area contributed by atoms with Crippen LogP contribution in [0, 0.1) is 5.41 Å². The van der Waals surface area contributed by atoms with E-state index in [4.69, 9.17) is 4.74 Å². The van der Waals surface area contributed by atoms with Crippen LogP contribution in [0.1, 0.15) is 18.9 Å². The van der Waals surface area contributed by atoms with E-state index in [1.54, 1.807) is 13.2 Å². The smallest absolute Gasteiger partial charge is 0.230 e. The summed E-state index contributed by atoms with van der Waals surface area (Å²) in [4.78, 5) is 12.4. The minimum absolute atomic E-state index is 0.0604. The first-order valence-corrected chi connectivity index (χ1v) is 7.45. The van der Waals surface area contributed by atoms with Gasteiger partial charge in [0.2, 0.25) is 5.91 Å². The molecule has 0 aliphatic carbocycles. The summed E-state index contributed by atoms with van der Waals surface area (Å²) < 4.78 is 13.5. The number of aromatic nitrogens is 2. The lowest BCUT2D eigenvalue weighted by Gasteiger charge is -2.24. The molecule has 1 atom stereocenters. The van der Waals surface area contributed by atoms with Crippen LogP contribution in [0.25, 0.3) is 11.0 Å². The van der Waals surface area contributed by atoms with Gasteiger partial charge in [-0.1, -0.05) is 18.2 Å². The second-order valence-electron chi connectivity index (χ2n) is 5.10. The Bertz CT molecular complexity index is 641. The summed E-state index contributed by atoms with van der Waals surface area (Å²) in [6, 6.07) is 5.78. The molecule has 2 rings (SSSR count). The molecule has 2 aromatic rings. The van der Waals surface area contributed by atoms with Crippen molar-refractivity contribution in [2.75, 3.05) is 13.7 Å². The number of benzene rings is 1. The van der Waals surface area contributed by atoms with Crippen molar-refractivity contribution < 1.29 is 9.53 Å². The standard InChI is InChI=1S/C15H19N3O2S/c1-4-15(2,8-9-20-3)14(19)16-10-11-6-5-7-12-13(11)18-21-17-12/h4-7H,1,8-10H2,2-3H3,(H,16,19). The van der Waals surface area contributed by atoms with Crippen molar-refractivity contribution in [3.8, 4) is 0 Å². The molecule has 0 spiro atoms. The van der Waals surface area contributed by atoms with Crippen molar-refractivity contribution in [3.05, 3.63) is 36.4 Å². The molecular formula is C15H19N3O2S. The van der Waals surface area contributed by atoms with Gasteiger partial charge in [0.15, 0.2) is 0 Å². The molecule has 21 heavy (non-hydrogen) atoms. The Labute approximate surface area is 128 Å². The first-order valence-electron chi connectivity index (χ1n) is 6.72. The molecule has 112 valence electrons. The predicted octanol–water partition coefficient (Wildman–Crippen LogP) is 2.54. The van der Waals surface area contributed by atoms with Crippen LogP contribution in [-0.2, 0) is 16.1 Å². The van der Waals surface area contributed by atoms with Gasteiger partial charge in [0, 0.05) is 25.8 Å². The highest BCUT2D eigenvalue weighted by Gasteiger charge is 2.29. The number of nitrogens with zero attached hydrogens (tertiary/aromatic N) is 2. The van der Waals surface area contributed by atoms with Crippen LogP contribution in [0.4, 0.5) is 0 Å². The quantitative estimate of drug-likeness (QED) is 0.798. The second kappa shape index (κ2) is 6.78. The molecule has 0 aliphatic heterocycles. The van der Waals surface area contributed by atoms with Gasteiger partial charge in [0.1, 0.15) is 11.0 Å². The maximum atomic E-state index is 12.4. The average Bonchev–Trinajstić information content (AvgIpc) is 2.99. The summed E-state index contributed by atoms with van der Waals surface area (Å²) in [5.41, 5.74) is 2.04. The Morgan fingerprint density at radius 1 is 1.52 bits per heavy atom. The fourth-order valence-corrected chi connectivity index (χ4v) is 2.57. The fraction of sp³-hybridized carbons (Fsp3) is 0.400. The number of hydrogen-bond donors (Lipinski definition) is 1. The van der Waals surface area contributed by atoms with Crippen LogP contribution in [0.5, 0.6) is 0 Å². The number of carbonyl (C=O) groups is 1. The molecule has 1 aromatic heterocycles. The molecule has 0 aliphatic rings. The van der Waals surface area contributed by atoms with Crippen LogP contribution in [-0.4, -0.2) is 28.4 Å². The number of methoxy groups -OCH3 is 1. The molecule has 1 aromatic carbocycles. The molecule has 6 heteroatoms. The van der Waals surface area contributed by atoms with E-state index in [9.17, 15) is 4.79 Å². The number of carbonyl (C=O) groups excluding carboxylic acids is 1. The maximum absolute atomic E-state index is 12.4. The summed E-state index contributed by atoms with van der Waals surface area (Å²) in [7, 11) is 1.62. The van der Waals surface area contributed by atoms with E-state index in [-0.39, 0.29) is 5.91 Å². The zero-order valence-electron chi connectivity index (χ0n) is 12.3. The van der Waals surface area contributed by atoms with Gasteiger partial charge in [0.05, 0.1) is 17.1 Å². The third-order valence-electron chi connectivity index (χ3n) is 3.60. The highest BCUT2D eigenvalue weighted by atomic mass is 32.1. The first kappa shape index (κ1) is 15.6. The van der Waals surface area contributed by atoms with Gasteiger partial charge in [-0.05, 0) is 19.4 Å². The number of rotatable bonds is 7. The van der Waals surface area contributed by atoms with Crippen LogP contribution in [0.2, 0.25) is 0 Å². The second-order valence-corrected chi connectivity index (χ2v) is 5.62. The van der Waals surface area contributed by atoms with E-state index in [0.717, 1.165) is 16.6 Å². The van der Waals surface area contributed by atoms with Crippen LogP contribution >= 0.6 is 11.7 Å². The predicted molar refractivity (Wildman–Crippen MR) is 84.1 cm³/mol. The number of ether oxygens (including phenoxy) is 1. The van der Waals surface area contributed by atoms with Crippen molar-refractivity contribution in [3.63, 3.8) is 0 Å². The van der Waals surface area contributed by atoms with E-state index in [0.29, 0.717) is 19.6 Å². The molecule has 0 fully saturated rings. The summed E-state index contributed by atoms with van der Waals surface area (Å²) >= 11 is 1.18. The van der Waals surface area contributed by atoms with Crippen molar-refractivity contribution in [1.82, 2.24) is 14.1 Å². The van der Waals surface area contributed by atoms with Gasteiger partial charge in [0.25, 0.3) is 0 Å². The van der Waals surface area contributed by atoms with Crippen LogP contribution < -0.4 is 5.32 Å². The Hall–Kier alpha value is -1.79. The van der Waals surface area contributed by atoms with Crippen LogP contribution in [0.3, 0.4) is 0 Å². The Morgan fingerprint density at radius 2 is 2.33 bits per heavy atom. The SMILES string of the molecule is C=CC(C)(CCOC)C(=O)NCc1cccc2nsnc12. The summed E-state index contributed by atoms with van der Waals surface area (Å²) in [5, 5.41) is 2.95. The lowest BCUT2D eigenvalue weighted by atomic mass is 9.86. The third-order valence-corrected chi connectivity index (χ3v) is 4.15. The monoisotopic (exact) mass is 305 g/mol. The van der Waals surface area contributed by atoms with E-state index in [1.165, 1.54) is 11.7 Å². The van der Waals surface area contributed by atoms with Gasteiger partial charge in [-0.2, -0.15) is 8.75 Å². The Morgan fingerprint density at radius 3 is 3.05 bits per heavy atom. The van der Waals surface area contributed by atoms with Crippen molar-refractivity contribution in [2.45, 2.75) is 19.9 Å². The van der Waals surface area contributed by atoms with Crippen molar-refractivity contribution in [1.29, 1.82) is 0 Å². The van der Waals surface area contributed by atoms with Gasteiger partial charge < -0.3 is 10.1 Å². The molecule has 0 radical (unpaired) electrons. The fourth-order valence-electron chi connectivity index (χ4n) is 2.00. The highest BCUT2D eigenvalue weighted by Crippen LogP contribution is 2.23. The molecule has 0 saturated heterocycles. The Balaban J connectivity index is 2.06. The zero-order valence-corrected chi connectivity index (χ0v) is 13.1. The summed E-state index contributed by atoms with van der Waals surface area (Å²) in [5.74, 6) is -0.0604. The average molecular weight is 305 g/mol. The van der Waals surface area contributed by atoms with Gasteiger partial charge in [-0.25, -0.2) is 0 Å². The van der Waals surface area contributed by atoms with E-state index in [2.05, 4.69) is 20.6 Å². The largest absolute Gasteiger partial charge is 0.385 e. The molecule has 1 N–H and O–H groups in total. The lowest BCUT2D eigenvalue weighted by molar-refractivity contribution is -0.128. The van der Waals surface area contributed by atoms with Gasteiger partial charge in [-0.15, -0.1) is 6.58 Å². The first-order chi connectivity index (χ1) is 10.1. The Kier molecular flexibility index (Phi) is 5.03. The summed E-state index contributed by atoms with van der Waals surface area (Å²) in [6.45, 7) is 6.57. The third kappa shape index (κ3) is 3.46. The topological polar surface area (TPSA) is 64.1 Å². The molecule has 5 nitrogen and oxygen atoms in total.